The highest BCUT2D eigenvalue weighted by Gasteiger charge is 2.28. The molecule has 0 heterocycles. The first kappa shape index (κ1) is 23.0. The third-order valence-corrected chi connectivity index (χ3v) is 4.80. The Labute approximate surface area is 186 Å². The second kappa shape index (κ2) is 10.1. The number of halogens is 3. The summed E-state index contributed by atoms with van der Waals surface area (Å²) in [5, 5.41) is 14.8. The Balaban J connectivity index is 2.03. The minimum absolute atomic E-state index is 0.246. The van der Waals surface area contributed by atoms with E-state index in [1.54, 1.807) is 48.5 Å². The highest BCUT2D eigenvalue weighted by atomic mass is 35.5. The van der Waals surface area contributed by atoms with Crippen molar-refractivity contribution < 1.29 is 28.0 Å². The fraction of sp³-hybridized carbons (Fsp3) is 0.136. The molecule has 1 N–H and O–H groups in total. The lowest BCUT2D eigenvalue weighted by Gasteiger charge is -2.20. The summed E-state index contributed by atoms with van der Waals surface area (Å²) >= 11 is 5.96. The van der Waals surface area contributed by atoms with Crippen molar-refractivity contribution in [3.05, 3.63) is 98.6 Å². The molecule has 0 aliphatic carbocycles. The van der Waals surface area contributed by atoms with E-state index in [4.69, 9.17) is 16.3 Å². The fourth-order valence-electron chi connectivity index (χ4n) is 3.10. The lowest BCUT2D eigenvalue weighted by molar-refractivity contribution is -0.385. The van der Waals surface area contributed by atoms with Crippen LogP contribution in [-0.2, 0) is 0 Å². The van der Waals surface area contributed by atoms with E-state index in [9.17, 15) is 23.7 Å². The van der Waals surface area contributed by atoms with Gasteiger partial charge in [0.05, 0.1) is 24.1 Å². The van der Waals surface area contributed by atoms with Crippen LogP contribution in [0.3, 0.4) is 0 Å². The zero-order chi connectivity index (χ0) is 23.3. The predicted molar refractivity (Wildman–Crippen MR) is 113 cm³/mol. The topological polar surface area (TPSA) is 90.7 Å². The van der Waals surface area contributed by atoms with Gasteiger partial charge in [0.1, 0.15) is 5.56 Å². The maximum absolute atomic E-state index is 13.1. The van der Waals surface area contributed by atoms with E-state index in [-0.39, 0.29) is 11.3 Å². The molecule has 0 saturated carbocycles. The van der Waals surface area contributed by atoms with Gasteiger partial charge in [-0.2, -0.15) is 8.78 Å². The minimum Gasteiger partial charge on any atom is -0.493 e. The van der Waals surface area contributed by atoms with Gasteiger partial charge in [0.2, 0.25) is 0 Å². The summed E-state index contributed by atoms with van der Waals surface area (Å²) in [6.45, 7) is -3.23. The number of nitro groups is 1. The summed E-state index contributed by atoms with van der Waals surface area (Å²) in [4.78, 5) is 23.8. The Bertz CT molecular complexity index is 1110. The third-order valence-electron chi connectivity index (χ3n) is 4.55. The van der Waals surface area contributed by atoms with Crippen molar-refractivity contribution in [3.63, 3.8) is 0 Å². The van der Waals surface area contributed by atoms with Gasteiger partial charge in [0.25, 0.3) is 11.6 Å². The quantitative estimate of drug-likeness (QED) is 0.358. The summed E-state index contributed by atoms with van der Waals surface area (Å²) < 4.78 is 34.6. The van der Waals surface area contributed by atoms with Crippen molar-refractivity contribution in [1.29, 1.82) is 0 Å². The number of benzene rings is 3. The average Bonchev–Trinajstić information content (AvgIpc) is 2.78. The van der Waals surface area contributed by atoms with Gasteiger partial charge < -0.3 is 14.8 Å². The number of alkyl halides is 2. The van der Waals surface area contributed by atoms with E-state index in [2.05, 4.69) is 10.1 Å². The summed E-state index contributed by atoms with van der Waals surface area (Å²) in [6.07, 6.45) is 0. The molecule has 0 spiro atoms. The van der Waals surface area contributed by atoms with Crippen LogP contribution in [0.5, 0.6) is 11.5 Å². The second-order valence-corrected chi connectivity index (χ2v) is 6.96. The van der Waals surface area contributed by atoms with Crippen molar-refractivity contribution >= 4 is 23.2 Å². The largest absolute Gasteiger partial charge is 0.493 e. The monoisotopic (exact) mass is 462 g/mol. The summed E-state index contributed by atoms with van der Waals surface area (Å²) in [6, 6.07) is 16.8. The molecule has 0 saturated heterocycles. The number of hydrogen-bond acceptors (Lipinski definition) is 5. The Morgan fingerprint density at radius 1 is 1.03 bits per heavy atom. The Hall–Kier alpha value is -3.72. The van der Waals surface area contributed by atoms with Crippen molar-refractivity contribution in [3.8, 4) is 11.5 Å². The molecule has 0 aliphatic heterocycles. The average molecular weight is 463 g/mol. The molecule has 1 unspecified atom stereocenters. The third kappa shape index (κ3) is 5.30. The first-order valence-electron chi connectivity index (χ1n) is 9.22. The molecule has 3 rings (SSSR count). The second-order valence-electron chi connectivity index (χ2n) is 6.52. The molecule has 0 radical (unpaired) electrons. The van der Waals surface area contributed by atoms with Crippen LogP contribution in [0, 0.1) is 10.1 Å². The van der Waals surface area contributed by atoms with E-state index in [1.165, 1.54) is 7.11 Å². The smallest absolute Gasteiger partial charge is 0.387 e. The molecule has 0 bridgehead atoms. The number of nitro benzene ring substituents is 1. The molecule has 3 aromatic rings. The highest BCUT2D eigenvalue weighted by molar-refractivity contribution is 6.30. The molecule has 10 heteroatoms. The van der Waals surface area contributed by atoms with Gasteiger partial charge in [-0.05, 0) is 23.3 Å². The van der Waals surface area contributed by atoms with Crippen LogP contribution in [-0.4, -0.2) is 24.6 Å². The molecule has 3 aromatic carbocycles. The molecule has 1 atom stereocenters. The van der Waals surface area contributed by atoms with E-state index in [0.717, 1.165) is 17.7 Å². The van der Waals surface area contributed by atoms with Crippen molar-refractivity contribution in [2.75, 3.05) is 7.11 Å². The van der Waals surface area contributed by atoms with Gasteiger partial charge >= 0.3 is 6.61 Å². The zero-order valence-corrected chi connectivity index (χ0v) is 17.4. The van der Waals surface area contributed by atoms with E-state index in [1.807, 2.05) is 6.07 Å². The van der Waals surface area contributed by atoms with Gasteiger partial charge in [-0.25, -0.2) is 0 Å². The van der Waals surface area contributed by atoms with Gasteiger partial charge in [0, 0.05) is 11.1 Å². The van der Waals surface area contributed by atoms with Crippen LogP contribution in [0.15, 0.2) is 66.7 Å². The number of rotatable bonds is 8. The first-order chi connectivity index (χ1) is 15.3. The first-order valence-corrected chi connectivity index (χ1v) is 9.60. The predicted octanol–water partition coefficient (Wildman–Crippen LogP) is 5.38. The van der Waals surface area contributed by atoms with Gasteiger partial charge in [0.15, 0.2) is 11.5 Å². The number of methoxy groups -OCH3 is 1. The van der Waals surface area contributed by atoms with E-state index in [0.29, 0.717) is 10.6 Å². The van der Waals surface area contributed by atoms with Crippen LogP contribution in [0.2, 0.25) is 5.02 Å². The summed E-state index contributed by atoms with van der Waals surface area (Å²) in [5.74, 6) is -1.60. The van der Waals surface area contributed by atoms with Crippen LogP contribution in [0.25, 0.3) is 0 Å². The number of nitrogens with one attached hydrogen (secondary N) is 1. The number of nitrogens with zero attached hydrogens (tertiary/aromatic N) is 1. The Morgan fingerprint density at radius 3 is 2.22 bits per heavy atom. The van der Waals surface area contributed by atoms with Crippen molar-refractivity contribution in [1.82, 2.24) is 5.32 Å². The molecular weight excluding hydrogens is 446 g/mol. The fourth-order valence-corrected chi connectivity index (χ4v) is 3.22. The number of amides is 1. The molecule has 166 valence electrons. The lowest BCUT2D eigenvalue weighted by atomic mass is 9.98. The Kier molecular flexibility index (Phi) is 7.21. The Morgan fingerprint density at radius 2 is 1.66 bits per heavy atom. The summed E-state index contributed by atoms with van der Waals surface area (Å²) in [5.41, 5.74) is 0.321. The van der Waals surface area contributed by atoms with Crippen molar-refractivity contribution in [2.45, 2.75) is 12.7 Å². The maximum atomic E-state index is 13.1. The molecule has 32 heavy (non-hydrogen) atoms. The number of ether oxygens (including phenoxy) is 2. The normalized spacial score (nSPS) is 11.7. The number of hydrogen-bond donors (Lipinski definition) is 1. The molecule has 1 amide bonds. The highest BCUT2D eigenvalue weighted by Crippen LogP contribution is 2.36. The van der Waals surface area contributed by atoms with Crippen LogP contribution in [0.4, 0.5) is 14.5 Å². The van der Waals surface area contributed by atoms with Gasteiger partial charge in [-0.1, -0.05) is 54.1 Å². The SMILES string of the molecule is COc1cc(C(=O)NC(c2ccccc2)c2ccc(Cl)cc2)c([N+](=O)[O-])cc1OC(F)F. The molecular formula is C22H17ClF2N2O5. The lowest BCUT2D eigenvalue weighted by Crippen LogP contribution is -2.30. The molecule has 0 aromatic heterocycles. The van der Waals surface area contributed by atoms with Crippen LogP contribution >= 0.6 is 11.6 Å². The van der Waals surface area contributed by atoms with Gasteiger partial charge in [-0.15, -0.1) is 0 Å². The summed E-state index contributed by atoms with van der Waals surface area (Å²) in [7, 11) is 1.17. The molecule has 0 fully saturated rings. The molecule has 7 nitrogen and oxygen atoms in total. The number of carbonyl (C=O) groups is 1. The van der Waals surface area contributed by atoms with Gasteiger partial charge in [-0.3, -0.25) is 14.9 Å². The zero-order valence-electron chi connectivity index (χ0n) is 16.6. The van der Waals surface area contributed by atoms with Crippen LogP contribution < -0.4 is 14.8 Å². The van der Waals surface area contributed by atoms with E-state index >= 15 is 0 Å². The minimum atomic E-state index is -3.23. The van der Waals surface area contributed by atoms with Crippen LogP contribution in [0.1, 0.15) is 27.5 Å². The maximum Gasteiger partial charge on any atom is 0.387 e. The van der Waals surface area contributed by atoms with E-state index < -0.39 is 34.9 Å². The van der Waals surface area contributed by atoms with Crippen molar-refractivity contribution in [2.24, 2.45) is 0 Å². The molecule has 0 aliphatic rings. The standard InChI is InChI=1S/C22H17ClF2N2O5/c1-31-18-11-16(17(27(29)30)12-19(18)32-22(24)25)21(28)26-20(13-5-3-2-4-6-13)14-7-9-15(23)10-8-14/h2-12,20,22H,1H3,(H,26,28). The number of carbonyl (C=O) groups excluding carboxylic acids is 1.